The van der Waals surface area contributed by atoms with Crippen LogP contribution in [0.15, 0.2) is 24.3 Å². The molecule has 0 aromatic heterocycles. The first-order valence-electron chi connectivity index (χ1n) is 8.09. The van der Waals surface area contributed by atoms with E-state index in [0.29, 0.717) is 32.0 Å². The number of hydrogen-bond acceptors (Lipinski definition) is 3. The van der Waals surface area contributed by atoms with Crippen molar-refractivity contribution in [2.45, 2.75) is 31.7 Å². The van der Waals surface area contributed by atoms with Gasteiger partial charge in [-0.2, -0.15) is 0 Å². The summed E-state index contributed by atoms with van der Waals surface area (Å²) < 4.78 is 18.7. The van der Waals surface area contributed by atoms with Crippen molar-refractivity contribution in [2.24, 2.45) is 5.92 Å². The maximum atomic E-state index is 13.4. The van der Waals surface area contributed by atoms with Crippen LogP contribution in [0, 0.1) is 11.7 Å². The zero-order chi connectivity index (χ0) is 16.2. The predicted molar refractivity (Wildman–Crippen MR) is 82.4 cm³/mol. The first kappa shape index (κ1) is 15.8. The normalized spacial score (nSPS) is 21.2. The van der Waals surface area contributed by atoms with E-state index >= 15 is 0 Å². The minimum Gasteiger partial charge on any atom is -0.489 e. The van der Waals surface area contributed by atoms with E-state index in [2.05, 4.69) is 5.32 Å². The Labute approximate surface area is 134 Å². The van der Waals surface area contributed by atoms with Crippen LogP contribution in [0.25, 0.3) is 0 Å². The summed E-state index contributed by atoms with van der Waals surface area (Å²) in [5, 5.41) is 2.81. The van der Waals surface area contributed by atoms with E-state index in [9.17, 15) is 14.0 Å². The summed E-state index contributed by atoms with van der Waals surface area (Å²) in [4.78, 5) is 25.9. The molecule has 1 aliphatic heterocycles. The number of para-hydroxylation sites is 1. The van der Waals surface area contributed by atoms with Gasteiger partial charge in [-0.25, -0.2) is 4.39 Å². The second-order valence-electron chi connectivity index (χ2n) is 6.08. The van der Waals surface area contributed by atoms with Gasteiger partial charge in [0.1, 0.15) is 6.61 Å². The van der Waals surface area contributed by atoms with Crippen LogP contribution in [0.4, 0.5) is 4.39 Å². The number of piperidine rings is 1. The molecule has 5 nitrogen and oxygen atoms in total. The van der Waals surface area contributed by atoms with Crippen LogP contribution in [0.2, 0.25) is 0 Å². The van der Waals surface area contributed by atoms with E-state index < -0.39 is 5.82 Å². The number of ether oxygens (including phenoxy) is 1. The smallest absolute Gasteiger partial charge is 0.225 e. The maximum Gasteiger partial charge on any atom is 0.225 e. The fourth-order valence-corrected chi connectivity index (χ4v) is 2.87. The minimum absolute atomic E-state index is 0.0553. The molecule has 2 amide bonds. The molecule has 1 aromatic carbocycles. The molecule has 23 heavy (non-hydrogen) atoms. The maximum absolute atomic E-state index is 13.4. The van der Waals surface area contributed by atoms with Crippen molar-refractivity contribution in [1.29, 1.82) is 0 Å². The number of carbonyl (C=O) groups is 2. The molecule has 1 aromatic rings. The lowest BCUT2D eigenvalue weighted by Gasteiger charge is -2.32. The van der Waals surface area contributed by atoms with Crippen molar-refractivity contribution in [2.75, 3.05) is 19.7 Å². The Kier molecular flexibility index (Phi) is 4.79. The van der Waals surface area contributed by atoms with Gasteiger partial charge in [0.25, 0.3) is 0 Å². The topological polar surface area (TPSA) is 58.6 Å². The average Bonchev–Trinajstić information content (AvgIpc) is 3.38. The third-order valence-corrected chi connectivity index (χ3v) is 4.30. The second kappa shape index (κ2) is 6.98. The molecule has 1 saturated carbocycles. The van der Waals surface area contributed by atoms with Gasteiger partial charge in [0.15, 0.2) is 11.6 Å². The molecule has 2 fully saturated rings. The zero-order valence-corrected chi connectivity index (χ0v) is 13.0. The van der Waals surface area contributed by atoms with Crippen LogP contribution < -0.4 is 10.1 Å². The first-order valence-corrected chi connectivity index (χ1v) is 8.09. The molecule has 1 N–H and O–H groups in total. The number of nitrogens with zero attached hydrogens (tertiary/aromatic N) is 1. The van der Waals surface area contributed by atoms with Gasteiger partial charge in [-0.1, -0.05) is 12.1 Å². The lowest BCUT2D eigenvalue weighted by atomic mass is 9.96. The number of amides is 2. The van der Waals surface area contributed by atoms with Gasteiger partial charge in [0.05, 0.1) is 12.5 Å². The van der Waals surface area contributed by atoms with Crippen molar-refractivity contribution < 1.29 is 18.7 Å². The van der Waals surface area contributed by atoms with Crippen LogP contribution >= 0.6 is 0 Å². The molecular weight excluding hydrogens is 299 g/mol. The zero-order valence-electron chi connectivity index (χ0n) is 13.0. The monoisotopic (exact) mass is 320 g/mol. The highest BCUT2D eigenvalue weighted by molar-refractivity contribution is 5.84. The van der Waals surface area contributed by atoms with Gasteiger partial charge >= 0.3 is 0 Å². The molecule has 1 saturated heterocycles. The van der Waals surface area contributed by atoms with Gasteiger partial charge in [0, 0.05) is 19.0 Å². The molecule has 0 radical (unpaired) electrons. The lowest BCUT2D eigenvalue weighted by molar-refractivity contribution is -0.138. The summed E-state index contributed by atoms with van der Waals surface area (Å²) in [6.07, 6.45) is 3.15. The molecule has 124 valence electrons. The summed E-state index contributed by atoms with van der Waals surface area (Å²) in [5.74, 6) is -0.268. The van der Waals surface area contributed by atoms with Crippen molar-refractivity contribution in [1.82, 2.24) is 10.2 Å². The highest BCUT2D eigenvalue weighted by Crippen LogP contribution is 2.31. The van der Waals surface area contributed by atoms with E-state index in [4.69, 9.17) is 4.74 Å². The Hall–Kier alpha value is -2.11. The quantitative estimate of drug-likeness (QED) is 0.812. The Morgan fingerprint density at radius 2 is 2.09 bits per heavy atom. The summed E-state index contributed by atoms with van der Waals surface area (Å²) >= 11 is 0. The molecule has 2 aliphatic rings. The summed E-state index contributed by atoms with van der Waals surface area (Å²) in [7, 11) is 0. The van der Waals surface area contributed by atoms with Crippen LogP contribution in [-0.2, 0) is 9.59 Å². The summed E-state index contributed by atoms with van der Waals surface area (Å²) in [5.41, 5.74) is 0. The summed E-state index contributed by atoms with van der Waals surface area (Å²) in [6, 6.07) is 6.53. The highest BCUT2D eigenvalue weighted by Gasteiger charge is 2.38. The minimum atomic E-state index is -0.412. The number of nitrogens with one attached hydrogen (secondary N) is 1. The molecule has 0 spiro atoms. The summed E-state index contributed by atoms with van der Waals surface area (Å²) in [6.45, 7) is 1.05. The Bertz CT molecular complexity index is 589. The number of benzene rings is 1. The van der Waals surface area contributed by atoms with E-state index in [-0.39, 0.29) is 30.1 Å². The molecule has 6 heteroatoms. The van der Waals surface area contributed by atoms with E-state index in [1.165, 1.54) is 6.07 Å². The Morgan fingerprint density at radius 3 is 2.83 bits per heavy atom. The highest BCUT2D eigenvalue weighted by atomic mass is 19.1. The molecule has 1 heterocycles. The lowest BCUT2D eigenvalue weighted by Crippen LogP contribution is -2.47. The second-order valence-corrected chi connectivity index (χ2v) is 6.08. The van der Waals surface area contributed by atoms with Gasteiger partial charge < -0.3 is 15.0 Å². The van der Waals surface area contributed by atoms with Gasteiger partial charge in [-0.05, 0) is 31.4 Å². The SMILES string of the molecule is O=C(NCCOc1ccccc1F)[C@@H]1CCC(=O)N(C2CC2)C1. The molecular formula is C17H21FN2O3. The Balaban J connectivity index is 1.41. The molecule has 0 bridgehead atoms. The van der Waals surface area contributed by atoms with Crippen molar-refractivity contribution in [3.63, 3.8) is 0 Å². The standard InChI is InChI=1S/C17H21FN2O3/c18-14-3-1-2-4-15(14)23-10-9-19-17(22)12-5-8-16(21)20(11-12)13-6-7-13/h1-4,12-13H,5-11H2,(H,19,22)/t12-/m1/s1. The van der Waals surface area contributed by atoms with Gasteiger partial charge in [-0.15, -0.1) is 0 Å². The Morgan fingerprint density at radius 1 is 1.30 bits per heavy atom. The molecule has 0 unspecified atom stereocenters. The molecule has 1 atom stereocenters. The van der Waals surface area contributed by atoms with E-state index in [1.807, 2.05) is 4.90 Å². The van der Waals surface area contributed by atoms with Crippen molar-refractivity contribution in [3.8, 4) is 5.75 Å². The predicted octanol–water partition coefficient (Wildman–Crippen LogP) is 1.72. The number of carbonyl (C=O) groups excluding carboxylic acids is 2. The van der Waals surface area contributed by atoms with E-state index in [0.717, 1.165) is 12.8 Å². The molecule has 1 aliphatic carbocycles. The third-order valence-electron chi connectivity index (χ3n) is 4.30. The van der Waals surface area contributed by atoms with E-state index in [1.54, 1.807) is 18.2 Å². The van der Waals surface area contributed by atoms with Crippen LogP contribution in [0.5, 0.6) is 5.75 Å². The number of rotatable bonds is 6. The van der Waals surface area contributed by atoms with Crippen LogP contribution in [0.1, 0.15) is 25.7 Å². The number of halogens is 1. The average molecular weight is 320 g/mol. The number of likely N-dealkylation sites (tertiary alicyclic amines) is 1. The fraction of sp³-hybridized carbons (Fsp3) is 0.529. The van der Waals surface area contributed by atoms with Crippen molar-refractivity contribution >= 4 is 11.8 Å². The third kappa shape index (κ3) is 4.00. The fourth-order valence-electron chi connectivity index (χ4n) is 2.87. The van der Waals surface area contributed by atoms with Crippen LogP contribution in [0.3, 0.4) is 0 Å². The van der Waals surface area contributed by atoms with Crippen molar-refractivity contribution in [3.05, 3.63) is 30.1 Å². The van der Waals surface area contributed by atoms with Gasteiger partial charge in [-0.3, -0.25) is 9.59 Å². The number of hydrogen-bond donors (Lipinski definition) is 1. The largest absolute Gasteiger partial charge is 0.489 e. The van der Waals surface area contributed by atoms with Crippen LogP contribution in [-0.4, -0.2) is 42.5 Å². The first-order chi connectivity index (χ1) is 11.1. The molecule has 3 rings (SSSR count). The van der Waals surface area contributed by atoms with Gasteiger partial charge in [0.2, 0.25) is 11.8 Å².